The van der Waals surface area contributed by atoms with Gasteiger partial charge in [-0.2, -0.15) is 11.8 Å². The summed E-state index contributed by atoms with van der Waals surface area (Å²) in [5.74, 6) is 2.55. The Bertz CT molecular complexity index is 482. The highest BCUT2D eigenvalue weighted by Crippen LogP contribution is 2.32. The number of hydrogen-bond donors (Lipinski definition) is 1. The van der Waals surface area contributed by atoms with Crippen LogP contribution < -0.4 is 5.32 Å². The average molecular weight is 304 g/mol. The predicted molar refractivity (Wildman–Crippen MR) is 88.6 cm³/mol. The van der Waals surface area contributed by atoms with Crippen LogP contribution in [0.3, 0.4) is 0 Å². The molecule has 1 N–H and O–H groups in total. The van der Waals surface area contributed by atoms with Crippen LogP contribution in [-0.2, 0) is 4.79 Å². The maximum atomic E-state index is 12.6. The van der Waals surface area contributed by atoms with Crippen molar-refractivity contribution >= 4 is 17.7 Å². The van der Waals surface area contributed by atoms with Gasteiger partial charge in [-0.1, -0.05) is 29.8 Å². The summed E-state index contributed by atoms with van der Waals surface area (Å²) in [6, 6.07) is 9.30. The van der Waals surface area contributed by atoms with E-state index in [1.54, 1.807) is 0 Å². The normalized spacial score (nSPS) is 26.0. The number of rotatable bonds is 3. The molecule has 0 unspecified atom stereocenters. The number of carbonyl (C=O) groups excluding carboxylic acids is 1. The molecule has 0 bridgehead atoms. The van der Waals surface area contributed by atoms with E-state index in [1.165, 1.54) is 16.9 Å². The number of amides is 1. The Balaban J connectivity index is 1.65. The third-order valence-corrected chi connectivity index (χ3v) is 5.59. The molecule has 0 aromatic heterocycles. The number of benzene rings is 1. The summed E-state index contributed by atoms with van der Waals surface area (Å²) in [7, 11) is 0. The van der Waals surface area contributed by atoms with Crippen molar-refractivity contribution in [3.05, 3.63) is 35.4 Å². The summed E-state index contributed by atoms with van der Waals surface area (Å²) in [6.45, 7) is 4.05. The van der Waals surface area contributed by atoms with Gasteiger partial charge in [-0.05, 0) is 25.3 Å². The van der Waals surface area contributed by atoms with Crippen molar-refractivity contribution < 1.29 is 4.79 Å². The van der Waals surface area contributed by atoms with Crippen LogP contribution in [0, 0.1) is 6.92 Å². The van der Waals surface area contributed by atoms with Crippen LogP contribution in [0.4, 0.5) is 0 Å². The molecule has 4 heteroatoms. The van der Waals surface area contributed by atoms with Crippen molar-refractivity contribution in [2.24, 2.45) is 0 Å². The molecule has 0 radical (unpaired) electrons. The number of carbonyl (C=O) groups is 1. The van der Waals surface area contributed by atoms with E-state index in [2.05, 4.69) is 41.4 Å². The number of likely N-dealkylation sites (tertiary alicyclic amines) is 1. The zero-order valence-electron chi connectivity index (χ0n) is 12.7. The van der Waals surface area contributed by atoms with E-state index in [-0.39, 0.29) is 6.04 Å². The molecule has 1 aromatic rings. The Kier molecular flexibility index (Phi) is 4.86. The number of nitrogens with one attached hydrogen (secondary N) is 1. The van der Waals surface area contributed by atoms with Crippen LogP contribution in [0.5, 0.6) is 0 Å². The van der Waals surface area contributed by atoms with Gasteiger partial charge in [-0.15, -0.1) is 0 Å². The van der Waals surface area contributed by atoms with E-state index in [0.717, 1.165) is 31.7 Å². The highest BCUT2D eigenvalue weighted by molar-refractivity contribution is 7.99. The summed E-state index contributed by atoms with van der Waals surface area (Å²) < 4.78 is 0. The van der Waals surface area contributed by atoms with Crippen LogP contribution in [0.25, 0.3) is 0 Å². The van der Waals surface area contributed by atoms with Gasteiger partial charge in [0, 0.05) is 37.1 Å². The number of nitrogens with zero attached hydrogens (tertiary/aromatic N) is 1. The molecule has 2 heterocycles. The Morgan fingerprint density at radius 2 is 2.19 bits per heavy atom. The number of hydrogen-bond acceptors (Lipinski definition) is 3. The first-order chi connectivity index (χ1) is 10.2. The molecule has 0 spiro atoms. The van der Waals surface area contributed by atoms with Crippen LogP contribution in [-0.4, -0.2) is 41.4 Å². The molecule has 2 aliphatic heterocycles. The first-order valence-corrected chi connectivity index (χ1v) is 9.06. The summed E-state index contributed by atoms with van der Waals surface area (Å²) in [4.78, 5) is 14.7. The number of aryl methyl sites for hydroxylation is 1. The molecule has 0 aliphatic carbocycles. The predicted octanol–water partition coefficient (Wildman–Crippen LogP) is 2.75. The molecular weight excluding hydrogens is 280 g/mol. The SMILES string of the molecule is Cc1ccc([C@H]2CCCN2C(=O)C[C@H]2CSCCN2)cc1. The molecule has 114 valence electrons. The quantitative estimate of drug-likeness (QED) is 0.932. The van der Waals surface area contributed by atoms with E-state index < -0.39 is 0 Å². The zero-order chi connectivity index (χ0) is 14.7. The van der Waals surface area contributed by atoms with E-state index in [1.807, 2.05) is 11.8 Å². The zero-order valence-corrected chi connectivity index (χ0v) is 13.5. The molecule has 2 aliphatic rings. The molecule has 2 saturated heterocycles. The van der Waals surface area contributed by atoms with Crippen LogP contribution in [0.15, 0.2) is 24.3 Å². The second kappa shape index (κ2) is 6.84. The molecule has 0 saturated carbocycles. The molecule has 3 rings (SSSR count). The lowest BCUT2D eigenvalue weighted by Gasteiger charge is -2.29. The van der Waals surface area contributed by atoms with Crippen LogP contribution in [0.2, 0.25) is 0 Å². The van der Waals surface area contributed by atoms with Gasteiger partial charge in [0.05, 0.1) is 6.04 Å². The fourth-order valence-corrected chi connectivity index (χ4v) is 4.23. The van der Waals surface area contributed by atoms with Gasteiger partial charge < -0.3 is 10.2 Å². The minimum atomic E-state index is 0.286. The van der Waals surface area contributed by atoms with Crippen molar-refractivity contribution in [3.8, 4) is 0 Å². The minimum Gasteiger partial charge on any atom is -0.336 e. The monoisotopic (exact) mass is 304 g/mol. The number of thioether (sulfide) groups is 1. The minimum absolute atomic E-state index is 0.286. The Hall–Kier alpha value is -1.00. The third kappa shape index (κ3) is 3.61. The molecule has 3 nitrogen and oxygen atoms in total. The lowest BCUT2D eigenvalue weighted by molar-refractivity contribution is -0.132. The van der Waals surface area contributed by atoms with Crippen molar-refractivity contribution in [1.82, 2.24) is 10.2 Å². The standard InChI is InChI=1S/C17H24N2OS/c1-13-4-6-14(7-5-13)16-3-2-9-19(16)17(20)11-15-12-21-10-8-18-15/h4-7,15-16,18H,2-3,8-12H2,1H3/t15-,16+/m0/s1. The molecule has 2 fully saturated rings. The lowest BCUT2D eigenvalue weighted by atomic mass is 10.0. The van der Waals surface area contributed by atoms with Crippen molar-refractivity contribution in [3.63, 3.8) is 0 Å². The van der Waals surface area contributed by atoms with Gasteiger partial charge in [0.1, 0.15) is 0 Å². The van der Waals surface area contributed by atoms with Gasteiger partial charge >= 0.3 is 0 Å². The van der Waals surface area contributed by atoms with E-state index in [4.69, 9.17) is 0 Å². The Morgan fingerprint density at radius 1 is 1.38 bits per heavy atom. The molecular formula is C17H24N2OS. The summed E-state index contributed by atoms with van der Waals surface area (Å²) in [6.07, 6.45) is 2.87. The molecule has 1 amide bonds. The summed E-state index contributed by atoms with van der Waals surface area (Å²) in [5.41, 5.74) is 2.57. The Labute approximate surface area is 131 Å². The smallest absolute Gasteiger partial charge is 0.224 e. The molecule has 1 aromatic carbocycles. The van der Waals surface area contributed by atoms with Crippen LogP contribution in [0.1, 0.15) is 36.4 Å². The average Bonchev–Trinajstić information content (AvgIpc) is 2.98. The van der Waals surface area contributed by atoms with E-state index >= 15 is 0 Å². The van der Waals surface area contributed by atoms with E-state index in [9.17, 15) is 4.79 Å². The second-order valence-corrected chi connectivity index (χ2v) is 7.24. The summed E-state index contributed by atoms with van der Waals surface area (Å²) in [5, 5.41) is 3.47. The maximum absolute atomic E-state index is 12.6. The maximum Gasteiger partial charge on any atom is 0.224 e. The second-order valence-electron chi connectivity index (χ2n) is 6.09. The van der Waals surface area contributed by atoms with Gasteiger partial charge in [-0.25, -0.2) is 0 Å². The fraction of sp³-hybridized carbons (Fsp3) is 0.588. The van der Waals surface area contributed by atoms with Crippen LogP contribution >= 0.6 is 11.8 Å². The first kappa shape index (κ1) is 14.9. The molecule has 2 atom stereocenters. The summed E-state index contributed by atoms with van der Waals surface area (Å²) >= 11 is 1.95. The lowest BCUT2D eigenvalue weighted by Crippen LogP contribution is -2.42. The largest absolute Gasteiger partial charge is 0.336 e. The van der Waals surface area contributed by atoms with Crippen molar-refractivity contribution in [1.29, 1.82) is 0 Å². The Morgan fingerprint density at radius 3 is 2.90 bits per heavy atom. The van der Waals surface area contributed by atoms with Gasteiger partial charge in [0.25, 0.3) is 0 Å². The van der Waals surface area contributed by atoms with Crippen molar-refractivity contribution in [2.75, 3.05) is 24.6 Å². The molecule has 21 heavy (non-hydrogen) atoms. The fourth-order valence-electron chi connectivity index (χ4n) is 3.28. The topological polar surface area (TPSA) is 32.3 Å². The van der Waals surface area contributed by atoms with Crippen molar-refractivity contribution in [2.45, 2.75) is 38.3 Å². The highest BCUT2D eigenvalue weighted by Gasteiger charge is 2.31. The van der Waals surface area contributed by atoms with Gasteiger partial charge in [0.15, 0.2) is 0 Å². The van der Waals surface area contributed by atoms with Gasteiger partial charge in [0.2, 0.25) is 5.91 Å². The van der Waals surface area contributed by atoms with E-state index in [0.29, 0.717) is 18.4 Å². The first-order valence-electron chi connectivity index (χ1n) is 7.91. The third-order valence-electron chi connectivity index (χ3n) is 4.45. The van der Waals surface area contributed by atoms with Gasteiger partial charge in [-0.3, -0.25) is 4.79 Å². The highest BCUT2D eigenvalue weighted by atomic mass is 32.2.